The number of carbonyl (C=O) groups excluding carboxylic acids is 2. The van der Waals surface area contributed by atoms with Gasteiger partial charge in [0.25, 0.3) is 5.91 Å². The zero-order chi connectivity index (χ0) is 21.0. The Labute approximate surface area is 174 Å². The molecule has 0 saturated heterocycles. The molecule has 2 aromatic carbocycles. The fraction of sp³-hybridized carbons (Fsp3) is 0.318. The van der Waals surface area contributed by atoms with Crippen molar-refractivity contribution in [2.24, 2.45) is 0 Å². The predicted octanol–water partition coefficient (Wildman–Crippen LogP) is 4.09. The van der Waals surface area contributed by atoms with Gasteiger partial charge >= 0.3 is 6.09 Å². The average molecular weight is 410 g/mol. The van der Waals surface area contributed by atoms with Crippen LogP contribution in [0.4, 0.5) is 10.5 Å². The number of rotatable bonds is 3. The van der Waals surface area contributed by atoms with Gasteiger partial charge in [-0.2, -0.15) is 5.26 Å². The minimum absolute atomic E-state index is 0.197. The lowest BCUT2D eigenvalue weighted by atomic mass is 10.1. The number of para-hydroxylation sites is 1. The summed E-state index contributed by atoms with van der Waals surface area (Å²) in [5, 5.41) is 11.7. The Morgan fingerprint density at radius 3 is 2.59 bits per heavy atom. The zero-order valence-electron chi connectivity index (χ0n) is 16.6. The van der Waals surface area contributed by atoms with E-state index >= 15 is 0 Å². The second-order valence-electron chi connectivity index (χ2n) is 7.71. The van der Waals surface area contributed by atoms with Crippen LogP contribution in [-0.2, 0) is 16.1 Å². The van der Waals surface area contributed by atoms with Crippen molar-refractivity contribution in [3.05, 3.63) is 59.7 Å². The molecule has 0 bridgehead atoms. The van der Waals surface area contributed by atoms with Crippen LogP contribution in [0.1, 0.15) is 31.9 Å². The number of thioether (sulfide) groups is 1. The second kappa shape index (κ2) is 8.58. The summed E-state index contributed by atoms with van der Waals surface area (Å²) in [6.45, 7) is 5.69. The molecule has 0 fully saturated rings. The first-order valence-electron chi connectivity index (χ1n) is 9.28. The van der Waals surface area contributed by atoms with E-state index in [-0.39, 0.29) is 5.91 Å². The van der Waals surface area contributed by atoms with Crippen molar-refractivity contribution in [3.8, 4) is 6.07 Å². The van der Waals surface area contributed by atoms with Crippen LogP contribution in [-0.4, -0.2) is 29.4 Å². The van der Waals surface area contributed by atoms with Crippen LogP contribution in [0.5, 0.6) is 0 Å². The molecule has 1 N–H and O–H groups in total. The smallest absolute Gasteiger partial charge is 0.408 e. The number of anilines is 1. The van der Waals surface area contributed by atoms with Gasteiger partial charge in [-0.05, 0) is 50.6 Å². The third-order valence-corrected chi connectivity index (χ3v) is 5.40. The molecule has 0 saturated carbocycles. The first-order chi connectivity index (χ1) is 13.8. The van der Waals surface area contributed by atoms with Gasteiger partial charge in [0.2, 0.25) is 0 Å². The van der Waals surface area contributed by atoms with Gasteiger partial charge in [-0.3, -0.25) is 4.79 Å². The lowest BCUT2D eigenvalue weighted by molar-refractivity contribution is -0.120. The Hall–Kier alpha value is -2.98. The molecular formula is C22H23N3O3S. The van der Waals surface area contributed by atoms with Crippen LogP contribution >= 0.6 is 11.8 Å². The van der Waals surface area contributed by atoms with Gasteiger partial charge in [0.1, 0.15) is 11.6 Å². The van der Waals surface area contributed by atoms with E-state index in [9.17, 15) is 9.59 Å². The van der Waals surface area contributed by atoms with Crippen LogP contribution in [0.3, 0.4) is 0 Å². The normalized spacial score (nSPS) is 16.4. The minimum Gasteiger partial charge on any atom is -0.444 e. The minimum atomic E-state index is -0.708. The summed E-state index contributed by atoms with van der Waals surface area (Å²) in [4.78, 5) is 28.2. The van der Waals surface area contributed by atoms with Crippen molar-refractivity contribution in [2.45, 2.75) is 43.9 Å². The molecule has 0 aromatic heterocycles. The third kappa shape index (κ3) is 5.30. The summed E-state index contributed by atoms with van der Waals surface area (Å²) in [7, 11) is 0. The molecule has 1 atom stereocenters. The highest BCUT2D eigenvalue weighted by atomic mass is 32.2. The summed E-state index contributed by atoms with van der Waals surface area (Å²) in [5.74, 6) is 0.219. The number of ether oxygens (including phenoxy) is 1. The molecule has 0 radical (unpaired) electrons. The molecule has 1 heterocycles. The van der Waals surface area contributed by atoms with Crippen molar-refractivity contribution < 1.29 is 14.3 Å². The number of nitrogens with zero attached hydrogens (tertiary/aromatic N) is 2. The molecular weight excluding hydrogens is 386 g/mol. The Morgan fingerprint density at radius 2 is 1.93 bits per heavy atom. The van der Waals surface area contributed by atoms with Gasteiger partial charge < -0.3 is 15.0 Å². The molecule has 29 heavy (non-hydrogen) atoms. The van der Waals surface area contributed by atoms with Gasteiger partial charge in [0.15, 0.2) is 0 Å². The molecule has 0 spiro atoms. The monoisotopic (exact) mass is 409 g/mol. The van der Waals surface area contributed by atoms with Crippen molar-refractivity contribution in [1.29, 1.82) is 5.26 Å². The van der Waals surface area contributed by atoms with E-state index in [1.807, 2.05) is 36.4 Å². The molecule has 2 aromatic rings. The maximum Gasteiger partial charge on any atom is 0.408 e. The molecule has 7 heteroatoms. The number of hydrogen-bond acceptors (Lipinski definition) is 5. The lowest BCUT2D eigenvalue weighted by Crippen LogP contribution is -2.50. The summed E-state index contributed by atoms with van der Waals surface area (Å²) < 4.78 is 5.33. The highest BCUT2D eigenvalue weighted by Gasteiger charge is 2.33. The molecule has 0 aliphatic carbocycles. The number of alkyl carbamates (subject to hydrolysis) is 1. The van der Waals surface area contributed by atoms with Gasteiger partial charge in [-0.15, -0.1) is 11.8 Å². The molecule has 1 unspecified atom stereocenters. The Bertz CT molecular complexity index is 945. The predicted molar refractivity (Wildman–Crippen MR) is 113 cm³/mol. The molecule has 150 valence electrons. The first-order valence-corrected chi connectivity index (χ1v) is 10.3. The van der Waals surface area contributed by atoms with Gasteiger partial charge in [-0.25, -0.2) is 4.79 Å². The number of hydrogen-bond donors (Lipinski definition) is 1. The van der Waals surface area contributed by atoms with E-state index in [2.05, 4.69) is 11.4 Å². The van der Waals surface area contributed by atoms with Gasteiger partial charge in [-0.1, -0.05) is 24.3 Å². The highest BCUT2D eigenvalue weighted by Crippen LogP contribution is 2.35. The summed E-state index contributed by atoms with van der Waals surface area (Å²) in [6, 6.07) is 16.2. The van der Waals surface area contributed by atoms with Crippen LogP contribution in [0, 0.1) is 11.3 Å². The van der Waals surface area contributed by atoms with Crippen molar-refractivity contribution in [2.75, 3.05) is 10.7 Å². The van der Waals surface area contributed by atoms with Crippen molar-refractivity contribution >= 4 is 29.4 Å². The van der Waals surface area contributed by atoms with E-state index in [1.54, 1.807) is 37.8 Å². The van der Waals surface area contributed by atoms with Crippen molar-refractivity contribution in [1.82, 2.24) is 5.32 Å². The van der Waals surface area contributed by atoms with E-state index in [0.717, 1.165) is 16.1 Å². The lowest BCUT2D eigenvalue weighted by Gasteiger charge is -2.27. The first kappa shape index (κ1) is 20.7. The second-order valence-corrected chi connectivity index (χ2v) is 8.77. The van der Waals surface area contributed by atoms with E-state index in [0.29, 0.717) is 17.9 Å². The maximum atomic E-state index is 13.3. The number of amides is 2. The average Bonchev–Trinajstić information content (AvgIpc) is 2.79. The summed E-state index contributed by atoms with van der Waals surface area (Å²) in [5.41, 5.74) is 1.63. The molecule has 2 amide bonds. The third-order valence-electron chi connectivity index (χ3n) is 4.24. The number of carbonyl (C=O) groups is 2. The Kier molecular flexibility index (Phi) is 6.14. The maximum absolute atomic E-state index is 13.3. The Morgan fingerprint density at radius 1 is 1.24 bits per heavy atom. The van der Waals surface area contributed by atoms with Crippen LogP contribution in [0.2, 0.25) is 0 Å². The molecule has 6 nitrogen and oxygen atoms in total. The largest absolute Gasteiger partial charge is 0.444 e. The Balaban J connectivity index is 1.86. The van der Waals surface area contributed by atoms with Gasteiger partial charge in [0.05, 0.1) is 23.9 Å². The van der Waals surface area contributed by atoms with Crippen LogP contribution in [0.25, 0.3) is 0 Å². The highest BCUT2D eigenvalue weighted by molar-refractivity contribution is 7.99. The number of nitriles is 1. The zero-order valence-corrected chi connectivity index (χ0v) is 17.5. The quantitative estimate of drug-likeness (QED) is 0.826. The molecule has 1 aliphatic heterocycles. The topological polar surface area (TPSA) is 82.4 Å². The summed E-state index contributed by atoms with van der Waals surface area (Å²) >= 11 is 1.53. The fourth-order valence-electron chi connectivity index (χ4n) is 2.94. The summed E-state index contributed by atoms with van der Waals surface area (Å²) in [6.07, 6.45) is -0.610. The molecule has 1 aliphatic rings. The number of benzene rings is 2. The fourth-order valence-corrected chi connectivity index (χ4v) is 4.01. The number of fused-ring (bicyclic) bond motifs is 1. The number of nitrogens with one attached hydrogen (secondary N) is 1. The van der Waals surface area contributed by atoms with Crippen LogP contribution in [0.15, 0.2) is 53.4 Å². The SMILES string of the molecule is CC(C)(C)OC(=O)NC1CSc2ccccc2N(Cc2ccc(C#N)cc2)C1=O. The molecule has 3 rings (SSSR count). The van der Waals surface area contributed by atoms with E-state index in [4.69, 9.17) is 10.00 Å². The van der Waals surface area contributed by atoms with E-state index in [1.165, 1.54) is 11.8 Å². The van der Waals surface area contributed by atoms with E-state index < -0.39 is 17.7 Å². The standard InChI is InChI=1S/C22H23N3O3S/c1-22(2,3)28-21(27)24-17-14-29-19-7-5-4-6-18(19)25(20(17)26)13-16-10-8-15(12-23)9-11-16/h4-11,17H,13-14H2,1-3H3,(H,24,27). The van der Waals surface area contributed by atoms with Crippen molar-refractivity contribution in [3.63, 3.8) is 0 Å². The van der Waals surface area contributed by atoms with Gasteiger partial charge in [0, 0.05) is 10.6 Å². The van der Waals surface area contributed by atoms with Crippen LogP contribution < -0.4 is 10.2 Å².